The van der Waals surface area contributed by atoms with E-state index in [2.05, 4.69) is 17.3 Å². The van der Waals surface area contributed by atoms with E-state index >= 15 is 0 Å². The van der Waals surface area contributed by atoms with Crippen LogP contribution in [-0.4, -0.2) is 49.7 Å². The molecule has 4 nitrogen and oxygen atoms in total. The Bertz CT molecular complexity index is 279. The van der Waals surface area contributed by atoms with Gasteiger partial charge >= 0.3 is 5.97 Å². The Hall–Kier alpha value is -0.610. The molecule has 0 heterocycles. The summed E-state index contributed by atoms with van der Waals surface area (Å²) < 4.78 is 5.19. The van der Waals surface area contributed by atoms with Crippen molar-refractivity contribution in [2.75, 3.05) is 33.3 Å². The molecule has 112 valence electrons. The van der Waals surface area contributed by atoms with Crippen LogP contribution in [0.1, 0.15) is 46.5 Å². The minimum atomic E-state index is -0.557. The molecule has 0 saturated heterocycles. The third-order valence-corrected chi connectivity index (χ3v) is 4.08. The highest BCUT2D eigenvalue weighted by Gasteiger charge is 2.33. The molecular weight excluding hydrogens is 240 g/mol. The molecule has 1 atom stereocenters. The van der Waals surface area contributed by atoms with Crippen molar-refractivity contribution < 1.29 is 9.53 Å². The number of ether oxygens (including phenoxy) is 1. The van der Waals surface area contributed by atoms with Crippen molar-refractivity contribution in [2.24, 2.45) is 5.92 Å². The van der Waals surface area contributed by atoms with Crippen LogP contribution in [0.15, 0.2) is 0 Å². The van der Waals surface area contributed by atoms with Gasteiger partial charge in [0.1, 0.15) is 5.54 Å². The molecule has 4 heteroatoms. The van der Waals surface area contributed by atoms with Crippen LogP contribution in [0.4, 0.5) is 0 Å². The first-order valence-corrected chi connectivity index (χ1v) is 7.62. The zero-order valence-corrected chi connectivity index (χ0v) is 13.0. The van der Waals surface area contributed by atoms with Gasteiger partial charge in [-0.05, 0) is 52.6 Å². The average Bonchev–Trinajstić information content (AvgIpc) is 2.32. The van der Waals surface area contributed by atoms with Crippen molar-refractivity contribution in [1.29, 1.82) is 0 Å². The Kier molecular flexibility index (Phi) is 6.80. The molecule has 0 aromatic heterocycles. The van der Waals surface area contributed by atoms with Crippen LogP contribution in [-0.2, 0) is 9.53 Å². The van der Waals surface area contributed by atoms with Crippen molar-refractivity contribution in [3.8, 4) is 0 Å². The third-order valence-electron chi connectivity index (χ3n) is 4.08. The lowest BCUT2D eigenvalue weighted by Crippen LogP contribution is -2.52. The topological polar surface area (TPSA) is 41.6 Å². The average molecular weight is 270 g/mol. The predicted molar refractivity (Wildman–Crippen MR) is 78.2 cm³/mol. The lowest BCUT2D eigenvalue weighted by atomic mass is 9.85. The quantitative estimate of drug-likeness (QED) is 0.651. The Balaban J connectivity index is 2.40. The molecule has 1 saturated carbocycles. The molecule has 1 aliphatic rings. The summed E-state index contributed by atoms with van der Waals surface area (Å²) in [7, 11) is 2.15. The number of hydrogen-bond acceptors (Lipinski definition) is 4. The van der Waals surface area contributed by atoms with E-state index in [-0.39, 0.29) is 5.97 Å². The maximum absolute atomic E-state index is 12.1. The monoisotopic (exact) mass is 270 g/mol. The highest BCUT2D eigenvalue weighted by molar-refractivity contribution is 5.80. The Morgan fingerprint density at radius 1 is 1.42 bits per heavy atom. The third kappa shape index (κ3) is 5.11. The number of esters is 1. The summed E-state index contributed by atoms with van der Waals surface area (Å²) in [5.41, 5.74) is -0.557. The van der Waals surface area contributed by atoms with Gasteiger partial charge in [0, 0.05) is 13.1 Å². The molecule has 0 aromatic carbocycles. The standard InChI is InChI=1S/C15H30N2O2/c1-5-16-15(3,14(18)19-6-2)10-11-17(4)12-13-8-7-9-13/h13,16H,5-12H2,1-4H3. The Morgan fingerprint density at radius 2 is 2.11 bits per heavy atom. The summed E-state index contributed by atoms with van der Waals surface area (Å²) in [6, 6.07) is 0. The van der Waals surface area contributed by atoms with Gasteiger partial charge in [-0.1, -0.05) is 13.3 Å². The minimum absolute atomic E-state index is 0.131. The SMILES string of the molecule is CCNC(C)(CCN(C)CC1CCC1)C(=O)OCC. The number of nitrogens with zero attached hydrogens (tertiary/aromatic N) is 1. The summed E-state index contributed by atoms with van der Waals surface area (Å²) >= 11 is 0. The van der Waals surface area contributed by atoms with Gasteiger partial charge in [-0.3, -0.25) is 4.79 Å². The lowest BCUT2D eigenvalue weighted by Gasteiger charge is -2.33. The molecule has 0 aliphatic heterocycles. The van der Waals surface area contributed by atoms with Gasteiger partial charge in [-0.2, -0.15) is 0 Å². The number of rotatable bonds is 9. The zero-order valence-electron chi connectivity index (χ0n) is 13.0. The molecule has 1 N–H and O–H groups in total. The maximum atomic E-state index is 12.1. The summed E-state index contributed by atoms with van der Waals surface area (Å²) in [6.07, 6.45) is 4.92. The van der Waals surface area contributed by atoms with E-state index < -0.39 is 5.54 Å². The van der Waals surface area contributed by atoms with Crippen LogP contribution in [0.25, 0.3) is 0 Å². The fourth-order valence-corrected chi connectivity index (χ4v) is 2.57. The Labute approximate surface area is 117 Å². The highest BCUT2D eigenvalue weighted by atomic mass is 16.5. The molecular formula is C15H30N2O2. The number of likely N-dealkylation sites (N-methyl/N-ethyl adjacent to an activating group) is 1. The summed E-state index contributed by atoms with van der Waals surface area (Å²) in [5.74, 6) is 0.742. The van der Waals surface area contributed by atoms with Gasteiger partial charge in [-0.15, -0.1) is 0 Å². The molecule has 0 spiro atoms. The van der Waals surface area contributed by atoms with E-state index in [1.54, 1.807) is 0 Å². The second kappa shape index (κ2) is 7.85. The van der Waals surface area contributed by atoms with Crippen molar-refractivity contribution in [2.45, 2.75) is 52.0 Å². The van der Waals surface area contributed by atoms with Gasteiger partial charge in [0.25, 0.3) is 0 Å². The normalized spacial score (nSPS) is 19.0. The van der Waals surface area contributed by atoms with Crippen molar-refractivity contribution in [3.63, 3.8) is 0 Å². The zero-order chi connectivity index (χ0) is 14.3. The number of nitrogens with one attached hydrogen (secondary N) is 1. The van der Waals surface area contributed by atoms with E-state index in [0.717, 1.165) is 32.0 Å². The molecule has 19 heavy (non-hydrogen) atoms. The van der Waals surface area contributed by atoms with Gasteiger partial charge in [0.05, 0.1) is 6.61 Å². The van der Waals surface area contributed by atoms with Crippen molar-refractivity contribution in [3.05, 3.63) is 0 Å². The highest BCUT2D eigenvalue weighted by Crippen LogP contribution is 2.27. The summed E-state index contributed by atoms with van der Waals surface area (Å²) in [5, 5.41) is 3.28. The van der Waals surface area contributed by atoms with E-state index in [1.807, 2.05) is 20.8 Å². The van der Waals surface area contributed by atoms with Gasteiger partial charge in [0.15, 0.2) is 0 Å². The lowest BCUT2D eigenvalue weighted by molar-refractivity contribution is -0.151. The number of carbonyl (C=O) groups is 1. The van der Waals surface area contributed by atoms with E-state index in [9.17, 15) is 4.79 Å². The van der Waals surface area contributed by atoms with Crippen molar-refractivity contribution >= 4 is 5.97 Å². The molecule has 1 fully saturated rings. The fourth-order valence-electron chi connectivity index (χ4n) is 2.57. The molecule has 1 rings (SSSR count). The number of carbonyl (C=O) groups excluding carboxylic acids is 1. The predicted octanol–water partition coefficient (Wildman–Crippen LogP) is 2.04. The molecule has 1 unspecified atom stereocenters. The molecule has 0 amide bonds. The summed E-state index contributed by atoms with van der Waals surface area (Å²) in [6.45, 7) is 9.14. The van der Waals surface area contributed by atoms with E-state index in [1.165, 1.54) is 19.3 Å². The maximum Gasteiger partial charge on any atom is 0.326 e. The van der Waals surface area contributed by atoms with E-state index in [0.29, 0.717) is 6.61 Å². The van der Waals surface area contributed by atoms with Gasteiger partial charge in [-0.25, -0.2) is 0 Å². The largest absolute Gasteiger partial charge is 0.465 e. The minimum Gasteiger partial charge on any atom is -0.465 e. The van der Waals surface area contributed by atoms with Crippen molar-refractivity contribution in [1.82, 2.24) is 10.2 Å². The van der Waals surface area contributed by atoms with Crippen LogP contribution in [0.2, 0.25) is 0 Å². The van der Waals surface area contributed by atoms with Crippen LogP contribution >= 0.6 is 0 Å². The number of hydrogen-bond donors (Lipinski definition) is 1. The first kappa shape index (κ1) is 16.4. The fraction of sp³-hybridized carbons (Fsp3) is 0.933. The molecule has 1 aliphatic carbocycles. The summed E-state index contributed by atoms with van der Waals surface area (Å²) in [4.78, 5) is 14.4. The van der Waals surface area contributed by atoms with Crippen LogP contribution < -0.4 is 5.32 Å². The van der Waals surface area contributed by atoms with Crippen LogP contribution in [0.5, 0.6) is 0 Å². The smallest absolute Gasteiger partial charge is 0.326 e. The first-order chi connectivity index (χ1) is 9.01. The second-order valence-electron chi connectivity index (χ2n) is 5.89. The van der Waals surface area contributed by atoms with Gasteiger partial charge in [0.2, 0.25) is 0 Å². The molecule has 0 bridgehead atoms. The first-order valence-electron chi connectivity index (χ1n) is 7.62. The van der Waals surface area contributed by atoms with Crippen LogP contribution in [0, 0.1) is 5.92 Å². The second-order valence-corrected chi connectivity index (χ2v) is 5.89. The van der Waals surface area contributed by atoms with Gasteiger partial charge < -0.3 is 15.0 Å². The van der Waals surface area contributed by atoms with E-state index in [4.69, 9.17) is 4.74 Å². The Morgan fingerprint density at radius 3 is 2.58 bits per heavy atom. The van der Waals surface area contributed by atoms with Crippen LogP contribution in [0.3, 0.4) is 0 Å². The molecule has 0 aromatic rings. The molecule has 0 radical (unpaired) electrons.